The van der Waals surface area contributed by atoms with Crippen molar-refractivity contribution in [3.05, 3.63) is 71.8 Å². The van der Waals surface area contributed by atoms with E-state index < -0.39 is 0 Å². The van der Waals surface area contributed by atoms with E-state index in [1.807, 2.05) is 0 Å². The van der Waals surface area contributed by atoms with E-state index in [0.29, 0.717) is 0 Å². The van der Waals surface area contributed by atoms with E-state index in [1.165, 1.54) is 20.6 Å². The third-order valence-corrected chi connectivity index (χ3v) is 4.40. The van der Waals surface area contributed by atoms with Gasteiger partial charge in [0.15, 0.2) is 0 Å². The molecule has 0 unspecified atom stereocenters. The number of nitrogens with two attached hydrogens (primary N) is 1. The normalized spacial score (nSPS) is 9.24. The van der Waals surface area contributed by atoms with Gasteiger partial charge >= 0.3 is 100 Å². The van der Waals surface area contributed by atoms with E-state index in [0.717, 1.165) is 10.4 Å². The first-order chi connectivity index (χ1) is 8.45. The van der Waals surface area contributed by atoms with Gasteiger partial charge in [-0.25, -0.2) is 0 Å². The molecule has 0 spiro atoms. The van der Waals surface area contributed by atoms with E-state index in [1.54, 1.807) is 0 Å². The van der Waals surface area contributed by atoms with Crippen molar-refractivity contribution in [1.29, 1.82) is 0 Å². The standard InChI is InChI=1S/2C7H7.H5NSi.Ti/c2*1-7-5-3-2-4-6-7;1-2;/h2*2-6H,1H2;1H2,2H3;. The Balaban J connectivity index is 0.000000686. The van der Waals surface area contributed by atoms with Crippen LogP contribution in [-0.2, 0) is 28.6 Å². The second-order valence-corrected chi connectivity index (χ2v) is 5.46. The van der Waals surface area contributed by atoms with Crippen molar-refractivity contribution in [2.75, 3.05) is 0 Å². The van der Waals surface area contributed by atoms with E-state index in [-0.39, 0.29) is 19.2 Å². The molecule has 0 atom stereocenters. The van der Waals surface area contributed by atoms with Crippen LogP contribution in [-0.4, -0.2) is 10.4 Å². The summed E-state index contributed by atoms with van der Waals surface area (Å²) in [6.45, 7) is 0. The Morgan fingerprint density at radius 2 is 1.06 bits per heavy atom. The van der Waals surface area contributed by atoms with Crippen LogP contribution in [0.2, 0.25) is 0 Å². The fourth-order valence-electron chi connectivity index (χ4n) is 1.54. The Morgan fingerprint density at radius 3 is 1.41 bits per heavy atom. The number of rotatable bonds is 4. The molecule has 0 heterocycles. The molecule has 0 radical (unpaired) electrons. The molecule has 3 heteroatoms. The molecule has 0 saturated carbocycles. The first kappa shape index (κ1) is 14.4. The van der Waals surface area contributed by atoms with Gasteiger partial charge in [-0.15, -0.1) is 0 Å². The average Bonchev–Trinajstić information content (AvgIpc) is 2.43. The molecular formula is C14H19NSiTi. The molecule has 2 rings (SSSR count). The van der Waals surface area contributed by atoms with E-state index in [4.69, 9.17) is 0 Å². The maximum atomic E-state index is 4.64. The van der Waals surface area contributed by atoms with Crippen molar-refractivity contribution in [2.45, 2.75) is 9.45 Å². The van der Waals surface area contributed by atoms with Crippen LogP contribution < -0.4 is 5.40 Å². The van der Waals surface area contributed by atoms with E-state index >= 15 is 0 Å². The quantitative estimate of drug-likeness (QED) is 0.846. The van der Waals surface area contributed by atoms with Gasteiger partial charge in [0, 0.05) is 0 Å². The number of benzene rings is 2. The summed E-state index contributed by atoms with van der Waals surface area (Å²) in [5.74, 6) is 0. The van der Waals surface area contributed by atoms with Crippen molar-refractivity contribution >= 4 is 10.4 Å². The Bertz CT molecular complexity index is 352. The van der Waals surface area contributed by atoms with Gasteiger partial charge in [-0.3, -0.25) is 0 Å². The molecule has 2 N–H and O–H groups in total. The van der Waals surface area contributed by atoms with Crippen LogP contribution in [0.3, 0.4) is 0 Å². The monoisotopic (exact) mass is 277 g/mol. The molecule has 0 fully saturated rings. The minimum atomic E-state index is 0.136. The molecule has 0 aliphatic rings. The molecule has 2 aromatic carbocycles. The molecule has 0 aliphatic carbocycles. The van der Waals surface area contributed by atoms with Crippen LogP contribution in [0.1, 0.15) is 11.1 Å². The van der Waals surface area contributed by atoms with Crippen LogP contribution >= 0.6 is 0 Å². The number of hydrogen-bond donors (Lipinski definition) is 1. The first-order valence-electron chi connectivity index (χ1n) is 5.81. The SMILES string of the molecule is N[SiH3].c1ccc([CH2][Ti][CH2]c2ccccc2)cc1. The van der Waals surface area contributed by atoms with Crippen LogP contribution in [0.15, 0.2) is 60.7 Å². The van der Waals surface area contributed by atoms with Crippen molar-refractivity contribution in [1.82, 2.24) is 0 Å². The fraction of sp³-hybridized carbons (Fsp3) is 0.143. The van der Waals surface area contributed by atoms with E-state index in [2.05, 4.69) is 66.1 Å². The van der Waals surface area contributed by atoms with Crippen LogP contribution in [0.4, 0.5) is 0 Å². The van der Waals surface area contributed by atoms with Gasteiger partial charge in [0.25, 0.3) is 0 Å². The minimum absolute atomic E-state index is 0.136. The third kappa shape index (κ3) is 5.99. The summed E-state index contributed by atoms with van der Waals surface area (Å²) in [5.41, 5.74) is 2.99. The summed E-state index contributed by atoms with van der Waals surface area (Å²) in [5, 5.41) is 4.64. The van der Waals surface area contributed by atoms with Crippen LogP contribution in [0.25, 0.3) is 0 Å². The zero-order chi connectivity index (χ0) is 12.3. The second kappa shape index (κ2) is 9.37. The maximum absolute atomic E-state index is 4.64. The van der Waals surface area contributed by atoms with Crippen molar-refractivity contribution in [3.63, 3.8) is 0 Å². The van der Waals surface area contributed by atoms with Crippen molar-refractivity contribution in [2.24, 2.45) is 5.40 Å². The average molecular weight is 277 g/mol. The summed E-state index contributed by atoms with van der Waals surface area (Å²) in [6, 6.07) is 21.6. The molecule has 0 bridgehead atoms. The van der Waals surface area contributed by atoms with Gasteiger partial charge in [0.1, 0.15) is 0 Å². The fourth-order valence-corrected chi connectivity index (χ4v) is 3.38. The van der Waals surface area contributed by atoms with Gasteiger partial charge in [-0.2, -0.15) is 0 Å². The summed E-state index contributed by atoms with van der Waals surface area (Å²) in [4.78, 5) is 0. The molecule has 1 nitrogen and oxygen atoms in total. The summed E-state index contributed by atoms with van der Waals surface area (Å²) in [6.07, 6.45) is 0. The number of hydrogen-bond acceptors (Lipinski definition) is 1. The zero-order valence-corrected chi connectivity index (χ0v) is 13.8. The topological polar surface area (TPSA) is 26.0 Å². The van der Waals surface area contributed by atoms with Crippen molar-refractivity contribution in [3.8, 4) is 0 Å². The molecule has 0 amide bonds. The van der Waals surface area contributed by atoms with E-state index in [9.17, 15) is 0 Å². The summed E-state index contributed by atoms with van der Waals surface area (Å²) < 4.78 is 2.60. The Kier molecular flexibility index (Phi) is 7.93. The molecule has 2 aromatic rings. The van der Waals surface area contributed by atoms with Gasteiger partial charge < -0.3 is 5.40 Å². The Labute approximate surface area is 116 Å². The molecule has 88 valence electrons. The summed E-state index contributed by atoms with van der Waals surface area (Å²) >= 11 is 0.136. The van der Waals surface area contributed by atoms with Gasteiger partial charge in [-0.05, 0) is 0 Å². The molecular weight excluding hydrogens is 258 g/mol. The van der Waals surface area contributed by atoms with Gasteiger partial charge in [0.05, 0.1) is 10.4 Å². The first-order valence-corrected chi connectivity index (χ1v) is 9.18. The third-order valence-electron chi connectivity index (χ3n) is 2.34. The predicted octanol–water partition coefficient (Wildman–Crippen LogP) is 1.69. The summed E-state index contributed by atoms with van der Waals surface area (Å²) in [7, 11) is 0.806. The Hall–Kier alpha value is -0.669. The van der Waals surface area contributed by atoms with Crippen LogP contribution in [0.5, 0.6) is 0 Å². The second-order valence-electron chi connectivity index (χ2n) is 3.57. The van der Waals surface area contributed by atoms with Crippen molar-refractivity contribution < 1.29 is 19.2 Å². The molecule has 17 heavy (non-hydrogen) atoms. The Morgan fingerprint density at radius 1 is 0.706 bits per heavy atom. The predicted molar refractivity (Wildman–Crippen MR) is 74.4 cm³/mol. The molecule has 0 saturated heterocycles. The zero-order valence-electron chi connectivity index (χ0n) is 10.3. The molecule has 0 aliphatic heterocycles. The van der Waals surface area contributed by atoms with Gasteiger partial charge in [0.2, 0.25) is 0 Å². The van der Waals surface area contributed by atoms with Crippen LogP contribution in [0, 0.1) is 0 Å². The van der Waals surface area contributed by atoms with Gasteiger partial charge in [-0.1, -0.05) is 0 Å². The molecule has 0 aromatic heterocycles.